The number of fused-ring (bicyclic) bond motifs is 1. The third kappa shape index (κ3) is 3.61. The van der Waals surface area contributed by atoms with Crippen molar-refractivity contribution in [2.75, 3.05) is 26.4 Å². The van der Waals surface area contributed by atoms with Crippen molar-refractivity contribution in [3.05, 3.63) is 23.8 Å². The molecule has 1 aromatic rings. The third-order valence-electron chi connectivity index (χ3n) is 3.49. The molecule has 0 saturated carbocycles. The Hall–Kier alpha value is -1.26. The van der Waals surface area contributed by atoms with Gasteiger partial charge in [0.2, 0.25) is 6.79 Å². The molecule has 1 heterocycles. The van der Waals surface area contributed by atoms with Crippen LogP contribution in [0.3, 0.4) is 0 Å². The summed E-state index contributed by atoms with van der Waals surface area (Å²) in [4.78, 5) is 2.41. The lowest BCUT2D eigenvalue weighted by Crippen LogP contribution is -2.38. The number of nitrogens with two attached hydrogens (primary N) is 1. The van der Waals surface area contributed by atoms with E-state index in [9.17, 15) is 0 Å². The Morgan fingerprint density at radius 3 is 2.68 bits per heavy atom. The smallest absolute Gasteiger partial charge is 0.231 e. The summed E-state index contributed by atoms with van der Waals surface area (Å²) in [6.45, 7) is 10.5. The second kappa shape index (κ2) is 5.80. The second-order valence-corrected chi connectivity index (χ2v) is 5.86. The molecule has 0 unspecified atom stereocenters. The molecule has 0 spiro atoms. The van der Waals surface area contributed by atoms with E-state index in [4.69, 9.17) is 15.2 Å². The van der Waals surface area contributed by atoms with E-state index in [2.05, 4.69) is 37.8 Å². The highest BCUT2D eigenvalue weighted by Crippen LogP contribution is 2.33. The average Bonchev–Trinajstić information content (AvgIpc) is 2.85. The average molecular weight is 264 g/mol. The van der Waals surface area contributed by atoms with Crippen LogP contribution in [0.4, 0.5) is 0 Å². The maximum Gasteiger partial charge on any atom is 0.231 e. The van der Waals surface area contributed by atoms with Crippen LogP contribution in [0.1, 0.15) is 26.3 Å². The summed E-state index contributed by atoms with van der Waals surface area (Å²) in [5.74, 6) is 1.70. The maximum absolute atomic E-state index is 5.81. The van der Waals surface area contributed by atoms with Crippen molar-refractivity contribution < 1.29 is 9.47 Å². The van der Waals surface area contributed by atoms with Crippen LogP contribution in [0.2, 0.25) is 0 Å². The normalized spacial score (nSPS) is 14.2. The van der Waals surface area contributed by atoms with Gasteiger partial charge in [0.15, 0.2) is 11.5 Å². The van der Waals surface area contributed by atoms with Crippen molar-refractivity contribution in [3.63, 3.8) is 0 Å². The third-order valence-corrected chi connectivity index (χ3v) is 3.49. The molecule has 0 fully saturated rings. The van der Waals surface area contributed by atoms with Gasteiger partial charge < -0.3 is 15.2 Å². The number of hydrogen-bond donors (Lipinski definition) is 1. The fourth-order valence-corrected chi connectivity index (χ4v) is 2.25. The predicted molar refractivity (Wildman–Crippen MR) is 76.4 cm³/mol. The molecule has 0 bridgehead atoms. The zero-order valence-corrected chi connectivity index (χ0v) is 12.1. The van der Waals surface area contributed by atoms with Crippen LogP contribution in [-0.2, 0) is 6.54 Å². The Bertz CT molecular complexity index is 432. The van der Waals surface area contributed by atoms with Crippen LogP contribution in [0.25, 0.3) is 0 Å². The molecule has 1 aliphatic heterocycles. The number of benzene rings is 1. The Morgan fingerprint density at radius 1 is 1.26 bits per heavy atom. The van der Waals surface area contributed by atoms with E-state index < -0.39 is 0 Å². The quantitative estimate of drug-likeness (QED) is 0.856. The first-order valence-electron chi connectivity index (χ1n) is 6.85. The molecule has 106 valence electrons. The highest BCUT2D eigenvalue weighted by molar-refractivity contribution is 5.44. The number of rotatable bonds is 6. The van der Waals surface area contributed by atoms with E-state index in [1.54, 1.807) is 0 Å². The molecule has 19 heavy (non-hydrogen) atoms. The van der Waals surface area contributed by atoms with E-state index in [1.807, 2.05) is 6.07 Å². The van der Waals surface area contributed by atoms with Gasteiger partial charge in [0, 0.05) is 13.1 Å². The summed E-state index contributed by atoms with van der Waals surface area (Å²) in [6, 6.07) is 6.16. The molecule has 0 saturated heterocycles. The number of nitrogens with zero attached hydrogens (tertiary/aromatic N) is 1. The van der Waals surface area contributed by atoms with E-state index in [1.165, 1.54) is 5.56 Å². The second-order valence-electron chi connectivity index (χ2n) is 5.86. The van der Waals surface area contributed by atoms with E-state index >= 15 is 0 Å². The molecular formula is C15H24N2O2. The first-order chi connectivity index (χ1) is 9.04. The van der Waals surface area contributed by atoms with Crippen LogP contribution in [0.15, 0.2) is 18.2 Å². The Labute approximate surface area is 115 Å². The molecule has 2 N–H and O–H groups in total. The standard InChI is InChI=1S/C15H24N2O2/c1-4-17(10-15(2,3)9-16)8-12-5-6-13-14(7-12)19-11-18-13/h5-7H,4,8-11,16H2,1-3H3. The molecule has 4 nitrogen and oxygen atoms in total. The van der Waals surface area contributed by atoms with Crippen LogP contribution in [0, 0.1) is 5.41 Å². The van der Waals surface area contributed by atoms with Gasteiger partial charge in [-0.05, 0) is 36.2 Å². The summed E-state index contributed by atoms with van der Waals surface area (Å²) in [7, 11) is 0. The van der Waals surface area contributed by atoms with E-state index in [-0.39, 0.29) is 5.41 Å². The minimum Gasteiger partial charge on any atom is -0.454 e. The van der Waals surface area contributed by atoms with Gasteiger partial charge in [-0.2, -0.15) is 0 Å². The lowest BCUT2D eigenvalue weighted by Gasteiger charge is -2.31. The minimum atomic E-state index is 0.145. The van der Waals surface area contributed by atoms with Crippen molar-refractivity contribution in [1.82, 2.24) is 4.90 Å². The minimum absolute atomic E-state index is 0.145. The zero-order chi connectivity index (χ0) is 13.9. The first-order valence-corrected chi connectivity index (χ1v) is 6.85. The maximum atomic E-state index is 5.81. The molecule has 0 aliphatic carbocycles. The summed E-state index contributed by atoms with van der Waals surface area (Å²) < 4.78 is 10.7. The fraction of sp³-hybridized carbons (Fsp3) is 0.600. The van der Waals surface area contributed by atoms with Crippen molar-refractivity contribution in [2.24, 2.45) is 11.1 Å². The van der Waals surface area contributed by atoms with Gasteiger partial charge in [0.05, 0.1) is 0 Å². The van der Waals surface area contributed by atoms with Crippen LogP contribution in [-0.4, -0.2) is 31.3 Å². The van der Waals surface area contributed by atoms with Crippen molar-refractivity contribution in [2.45, 2.75) is 27.3 Å². The largest absolute Gasteiger partial charge is 0.454 e. The SMILES string of the molecule is CCN(Cc1ccc2c(c1)OCO2)CC(C)(C)CN. The van der Waals surface area contributed by atoms with Gasteiger partial charge in [-0.25, -0.2) is 0 Å². The Morgan fingerprint density at radius 2 is 2.00 bits per heavy atom. The van der Waals surface area contributed by atoms with Crippen molar-refractivity contribution in [3.8, 4) is 11.5 Å². The molecular weight excluding hydrogens is 240 g/mol. The summed E-state index contributed by atoms with van der Waals surface area (Å²) in [5.41, 5.74) is 7.21. The molecule has 0 aromatic heterocycles. The number of ether oxygens (including phenoxy) is 2. The molecule has 0 amide bonds. The van der Waals surface area contributed by atoms with Crippen LogP contribution >= 0.6 is 0 Å². The molecule has 1 aliphatic rings. The lowest BCUT2D eigenvalue weighted by atomic mass is 9.93. The van der Waals surface area contributed by atoms with E-state index in [0.29, 0.717) is 13.3 Å². The summed E-state index contributed by atoms with van der Waals surface area (Å²) >= 11 is 0. The van der Waals surface area contributed by atoms with Gasteiger partial charge in [-0.15, -0.1) is 0 Å². The van der Waals surface area contributed by atoms with Crippen molar-refractivity contribution in [1.29, 1.82) is 0 Å². The predicted octanol–water partition coefficient (Wildman–Crippen LogP) is 2.22. The Kier molecular flexibility index (Phi) is 4.32. The highest BCUT2D eigenvalue weighted by atomic mass is 16.7. The van der Waals surface area contributed by atoms with Gasteiger partial charge in [0.25, 0.3) is 0 Å². The molecule has 2 rings (SSSR count). The molecule has 1 aromatic carbocycles. The lowest BCUT2D eigenvalue weighted by molar-refractivity contribution is 0.173. The van der Waals surface area contributed by atoms with Gasteiger partial charge in [0.1, 0.15) is 0 Å². The number of hydrogen-bond acceptors (Lipinski definition) is 4. The molecule has 0 atom stereocenters. The fourth-order valence-electron chi connectivity index (χ4n) is 2.25. The first kappa shape index (κ1) is 14.2. The van der Waals surface area contributed by atoms with Crippen molar-refractivity contribution >= 4 is 0 Å². The van der Waals surface area contributed by atoms with Gasteiger partial charge in [-0.3, -0.25) is 4.90 Å². The molecule has 4 heteroatoms. The monoisotopic (exact) mass is 264 g/mol. The highest BCUT2D eigenvalue weighted by Gasteiger charge is 2.20. The molecule has 0 radical (unpaired) electrons. The summed E-state index contributed by atoms with van der Waals surface area (Å²) in [6.07, 6.45) is 0. The van der Waals surface area contributed by atoms with Gasteiger partial charge in [-0.1, -0.05) is 26.8 Å². The van der Waals surface area contributed by atoms with E-state index in [0.717, 1.165) is 31.1 Å². The zero-order valence-electron chi connectivity index (χ0n) is 12.1. The topological polar surface area (TPSA) is 47.7 Å². The van der Waals surface area contributed by atoms with Crippen LogP contribution < -0.4 is 15.2 Å². The van der Waals surface area contributed by atoms with Gasteiger partial charge >= 0.3 is 0 Å². The Balaban J connectivity index is 2.02. The van der Waals surface area contributed by atoms with Crippen LogP contribution in [0.5, 0.6) is 11.5 Å². The summed E-state index contributed by atoms with van der Waals surface area (Å²) in [5, 5.41) is 0.